The Hall–Kier alpha value is -3.41. The highest BCUT2D eigenvalue weighted by molar-refractivity contribution is 6.35. The zero-order valence-corrected chi connectivity index (χ0v) is 19.6. The number of rotatable bonds is 6. The van der Waals surface area contributed by atoms with Gasteiger partial charge in [0.1, 0.15) is 17.6 Å². The molecule has 0 spiro atoms. The first-order valence-corrected chi connectivity index (χ1v) is 11.4. The molecule has 1 aliphatic rings. The number of hydrogen-bond acceptors (Lipinski definition) is 6. The van der Waals surface area contributed by atoms with Crippen molar-refractivity contribution in [2.45, 2.75) is 31.9 Å². The zero-order chi connectivity index (χ0) is 23.8. The van der Waals surface area contributed by atoms with Crippen molar-refractivity contribution in [3.05, 3.63) is 64.3 Å². The third kappa shape index (κ3) is 4.02. The van der Waals surface area contributed by atoms with Gasteiger partial charge in [-0.2, -0.15) is 10.4 Å². The number of aromatic nitrogens is 4. The molecule has 0 aliphatic carbocycles. The molecular formula is C24H19Cl2FN6O. The van der Waals surface area contributed by atoms with Gasteiger partial charge in [-0.05, 0) is 31.5 Å². The van der Waals surface area contributed by atoms with Gasteiger partial charge in [-0.3, -0.25) is 10.1 Å². The largest absolute Gasteiger partial charge is 0.483 e. The predicted molar refractivity (Wildman–Crippen MR) is 129 cm³/mol. The van der Waals surface area contributed by atoms with Crippen LogP contribution in [-0.4, -0.2) is 32.8 Å². The molecule has 0 radical (unpaired) electrons. The fourth-order valence-corrected chi connectivity index (χ4v) is 4.82. The lowest BCUT2D eigenvalue weighted by Gasteiger charge is -2.40. The predicted octanol–water partition coefficient (Wildman–Crippen LogP) is 6.10. The molecule has 0 saturated carbocycles. The molecule has 172 valence electrons. The van der Waals surface area contributed by atoms with E-state index in [1.807, 2.05) is 12.1 Å². The van der Waals surface area contributed by atoms with E-state index in [1.165, 1.54) is 18.5 Å². The molecule has 1 saturated heterocycles. The Bertz CT molecular complexity index is 1380. The highest BCUT2D eigenvalue weighted by Crippen LogP contribution is 2.36. The SMILES string of the molecule is C[C@@H](Oc1cc2c(-c3ccc(N4CC[C@@H]4CC#N)nc3)n[nH]c2cc1F)c1c(Cl)cncc1Cl. The summed E-state index contributed by atoms with van der Waals surface area (Å²) in [5, 5.41) is 17.6. The molecule has 1 aromatic carbocycles. The number of pyridine rings is 2. The van der Waals surface area contributed by atoms with Crippen molar-refractivity contribution in [2.24, 2.45) is 0 Å². The van der Waals surface area contributed by atoms with Gasteiger partial charge in [0.05, 0.1) is 28.1 Å². The second-order valence-electron chi connectivity index (χ2n) is 8.08. The van der Waals surface area contributed by atoms with Crippen LogP contribution in [-0.2, 0) is 0 Å². The molecule has 0 unspecified atom stereocenters. The number of halogens is 3. The van der Waals surface area contributed by atoms with Crippen LogP contribution in [0.1, 0.15) is 31.4 Å². The first-order valence-electron chi connectivity index (χ1n) is 10.7. The number of ether oxygens (including phenoxy) is 1. The normalized spacial score (nSPS) is 16.2. The van der Waals surface area contributed by atoms with Gasteiger partial charge in [-0.1, -0.05) is 23.2 Å². The molecule has 7 nitrogen and oxygen atoms in total. The Morgan fingerprint density at radius 2 is 2.06 bits per heavy atom. The van der Waals surface area contributed by atoms with Crippen LogP contribution < -0.4 is 9.64 Å². The number of H-pyrrole nitrogens is 1. The minimum Gasteiger partial charge on any atom is -0.483 e. The van der Waals surface area contributed by atoms with E-state index < -0.39 is 11.9 Å². The highest BCUT2D eigenvalue weighted by atomic mass is 35.5. The summed E-state index contributed by atoms with van der Waals surface area (Å²) >= 11 is 12.5. The maximum Gasteiger partial charge on any atom is 0.167 e. The maximum absolute atomic E-state index is 14.8. The third-order valence-corrected chi connectivity index (χ3v) is 6.60. The molecule has 4 aromatic rings. The van der Waals surface area contributed by atoms with E-state index in [1.54, 1.807) is 19.2 Å². The number of nitrogens with one attached hydrogen (secondary N) is 1. The smallest absolute Gasteiger partial charge is 0.167 e. The van der Waals surface area contributed by atoms with Gasteiger partial charge < -0.3 is 9.64 Å². The summed E-state index contributed by atoms with van der Waals surface area (Å²) in [6, 6.07) is 9.21. The fourth-order valence-electron chi connectivity index (χ4n) is 4.14. The van der Waals surface area contributed by atoms with Crippen LogP contribution in [0.5, 0.6) is 5.75 Å². The molecule has 2 atom stereocenters. The molecule has 1 fully saturated rings. The van der Waals surface area contributed by atoms with E-state index in [0.717, 1.165) is 24.3 Å². The van der Waals surface area contributed by atoms with Crippen molar-refractivity contribution >= 4 is 39.9 Å². The van der Waals surface area contributed by atoms with E-state index >= 15 is 0 Å². The van der Waals surface area contributed by atoms with Crippen molar-refractivity contribution < 1.29 is 9.13 Å². The van der Waals surface area contributed by atoms with Crippen LogP contribution in [0.15, 0.2) is 42.9 Å². The number of aromatic amines is 1. The van der Waals surface area contributed by atoms with Gasteiger partial charge in [-0.15, -0.1) is 0 Å². The van der Waals surface area contributed by atoms with Crippen LogP contribution in [0.4, 0.5) is 10.2 Å². The van der Waals surface area contributed by atoms with Gasteiger partial charge in [0.15, 0.2) is 11.6 Å². The monoisotopic (exact) mass is 496 g/mol. The van der Waals surface area contributed by atoms with Gasteiger partial charge in [-0.25, -0.2) is 9.37 Å². The topological polar surface area (TPSA) is 90.7 Å². The quantitative estimate of drug-likeness (QED) is 0.346. The van der Waals surface area contributed by atoms with E-state index in [9.17, 15) is 4.39 Å². The fraction of sp³-hybridized carbons (Fsp3) is 0.250. The lowest BCUT2D eigenvalue weighted by molar-refractivity contribution is 0.217. The Labute approximate surface area is 205 Å². The number of nitrogens with zero attached hydrogens (tertiary/aromatic N) is 5. The molecule has 0 bridgehead atoms. The van der Waals surface area contributed by atoms with Crippen molar-refractivity contribution in [1.29, 1.82) is 5.26 Å². The van der Waals surface area contributed by atoms with Crippen molar-refractivity contribution in [1.82, 2.24) is 20.2 Å². The van der Waals surface area contributed by atoms with E-state index in [0.29, 0.717) is 38.6 Å². The summed E-state index contributed by atoms with van der Waals surface area (Å²) in [6.45, 7) is 2.62. The minimum atomic E-state index is -0.607. The molecule has 1 aliphatic heterocycles. The zero-order valence-electron chi connectivity index (χ0n) is 18.1. The standard InChI is InChI=1S/C24H19Cl2FN6O/c1-13(23-17(25)11-29-12-18(23)26)34-21-8-16-20(9-19(21)27)31-32-24(16)14-2-3-22(30-10-14)33-7-5-15(33)4-6-28/h2-3,8-13,15H,4-5,7H2,1H3,(H,31,32)/t13-,15+/m1/s1. The van der Waals surface area contributed by atoms with E-state index in [2.05, 4.69) is 31.1 Å². The summed E-state index contributed by atoms with van der Waals surface area (Å²) in [4.78, 5) is 10.6. The number of benzene rings is 1. The Balaban J connectivity index is 1.44. The van der Waals surface area contributed by atoms with Crippen LogP contribution in [0.25, 0.3) is 22.2 Å². The van der Waals surface area contributed by atoms with Crippen molar-refractivity contribution in [3.63, 3.8) is 0 Å². The molecule has 4 heterocycles. The summed E-state index contributed by atoms with van der Waals surface area (Å²) in [6.07, 6.45) is 5.53. The van der Waals surface area contributed by atoms with Crippen LogP contribution in [0.2, 0.25) is 10.0 Å². The maximum atomic E-state index is 14.8. The summed E-state index contributed by atoms with van der Waals surface area (Å²) in [5.41, 5.74) is 2.47. The molecule has 1 N–H and O–H groups in total. The first-order chi connectivity index (χ1) is 16.5. The van der Waals surface area contributed by atoms with E-state index in [4.69, 9.17) is 33.2 Å². The second kappa shape index (κ2) is 9.09. The Morgan fingerprint density at radius 1 is 1.26 bits per heavy atom. The van der Waals surface area contributed by atoms with Crippen LogP contribution >= 0.6 is 23.2 Å². The van der Waals surface area contributed by atoms with Gasteiger partial charge in [0.25, 0.3) is 0 Å². The molecular weight excluding hydrogens is 478 g/mol. The molecule has 3 aromatic heterocycles. The number of hydrogen-bond donors (Lipinski definition) is 1. The van der Waals surface area contributed by atoms with Crippen molar-refractivity contribution in [2.75, 3.05) is 11.4 Å². The second-order valence-corrected chi connectivity index (χ2v) is 8.89. The van der Waals surface area contributed by atoms with E-state index in [-0.39, 0.29) is 11.8 Å². The van der Waals surface area contributed by atoms with Crippen LogP contribution in [0, 0.1) is 17.1 Å². The van der Waals surface area contributed by atoms with Gasteiger partial charge >= 0.3 is 0 Å². The average molecular weight is 497 g/mol. The molecule has 10 heteroatoms. The van der Waals surface area contributed by atoms with Crippen molar-refractivity contribution in [3.8, 4) is 23.1 Å². The number of fused-ring (bicyclic) bond motifs is 1. The highest BCUT2D eigenvalue weighted by Gasteiger charge is 2.28. The van der Waals surface area contributed by atoms with Gasteiger partial charge in [0, 0.05) is 53.8 Å². The Kier molecular flexibility index (Phi) is 5.98. The minimum absolute atomic E-state index is 0.0519. The first kappa shape index (κ1) is 22.4. The summed E-state index contributed by atoms with van der Waals surface area (Å²) < 4.78 is 20.7. The number of nitriles is 1. The molecule has 0 amide bonds. The van der Waals surface area contributed by atoms with Gasteiger partial charge in [0.2, 0.25) is 0 Å². The van der Waals surface area contributed by atoms with Crippen LogP contribution in [0.3, 0.4) is 0 Å². The Morgan fingerprint density at radius 3 is 2.71 bits per heavy atom. The lowest BCUT2D eigenvalue weighted by atomic mass is 10.0. The molecule has 34 heavy (non-hydrogen) atoms. The third-order valence-electron chi connectivity index (χ3n) is 6.00. The number of anilines is 1. The molecule has 5 rings (SSSR count). The summed E-state index contributed by atoms with van der Waals surface area (Å²) in [5.74, 6) is 0.340. The average Bonchev–Trinajstić information content (AvgIpc) is 3.20. The lowest BCUT2D eigenvalue weighted by Crippen LogP contribution is -2.48. The summed E-state index contributed by atoms with van der Waals surface area (Å²) in [7, 11) is 0.